The van der Waals surface area contributed by atoms with Crippen LogP contribution in [0.1, 0.15) is 11.1 Å². The van der Waals surface area contributed by atoms with E-state index in [2.05, 4.69) is 6.07 Å². The lowest BCUT2D eigenvalue weighted by Gasteiger charge is -2.36. The van der Waals surface area contributed by atoms with E-state index in [1.54, 1.807) is 12.1 Å². The number of aliphatic hydroxyl groups excluding tert-OH is 2. The molecule has 2 rings (SSSR count). The number of benzene rings is 1. The van der Waals surface area contributed by atoms with Crippen molar-refractivity contribution in [3.05, 3.63) is 29.3 Å². The van der Waals surface area contributed by atoms with Crippen LogP contribution in [0.5, 0.6) is 0 Å². The fourth-order valence-electron chi connectivity index (χ4n) is 2.14. The van der Waals surface area contributed by atoms with Crippen LogP contribution in [0.4, 0.5) is 5.69 Å². The second kappa shape index (κ2) is 5.83. The van der Waals surface area contributed by atoms with Crippen molar-refractivity contribution in [2.24, 2.45) is 0 Å². The van der Waals surface area contributed by atoms with Gasteiger partial charge in [-0.05, 0) is 17.7 Å². The van der Waals surface area contributed by atoms with Gasteiger partial charge in [0, 0.05) is 6.54 Å². The molecular weight excluding hydrogens is 232 g/mol. The molecule has 5 heteroatoms. The molecule has 0 radical (unpaired) electrons. The molecular formula is C13H16N2O3. The molecule has 1 fully saturated rings. The van der Waals surface area contributed by atoms with Gasteiger partial charge < -0.3 is 19.8 Å². The Morgan fingerprint density at radius 2 is 2.28 bits per heavy atom. The highest BCUT2D eigenvalue weighted by Gasteiger charge is 2.24. The number of nitrogens with zero attached hydrogens (tertiary/aromatic N) is 2. The first kappa shape index (κ1) is 12.8. The molecule has 5 nitrogen and oxygen atoms in total. The van der Waals surface area contributed by atoms with Gasteiger partial charge in [-0.3, -0.25) is 0 Å². The molecule has 0 bridgehead atoms. The van der Waals surface area contributed by atoms with Crippen LogP contribution in [0.25, 0.3) is 0 Å². The van der Waals surface area contributed by atoms with Crippen LogP contribution in [0.15, 0.2) is 18.2 Å². The summed E-state index contributed by atoms with van der Waals surface area (Å²) < 4.78 is 5.32. The molecule has 1 aliphatic rings. The summed E-state index contributed by atoms with van der Waals surface area (Å²) in [7, 11) is 0. The molecule has 1 atom stereocenters. The predicted molar refractivity (Wildman–Crippen MR) is 66.1 cm³/mol. The molecule has 96 valence electrons. The van der Waals surface area contributed by atoms with Crippen molar-refractivity contribution in [1.29, 1.82) is 5.26 Å². The summed E-state index contributed by atoms with van der Waals surface area (Å²) >= 11 is 0. The smallest absolute Gasteiger partial charge is 0.101 e. The van der Waals surface area contributed by atoms with Gasteiger partial charge in [-0.2, -0.15) is 5.26 Å². The average molecular weight is 248 g/mol. The van der Waals surface area contributed by atoms with Crippen LogP contribution < -0.4 is 4.90 Å². The molecule has 1 aliphatic heterocycles. The lowest BCUT2D eigenvalue weighted by molar-refractivity contribution is 0.0727. The third-order valence-corrected chi connectivity index (χ3v) is 3.11. The quantitative estimate of drug-likeness (QED) is 0.801. The van der Waals surface area contributed by atoms with Gasteiger partial charge in [-0.25, -0.2) is 0 Å². The fraction of sp³-hybridized carbons (Fsp3) is 0.462. The maximum Gasteiger partial charge on any atom is 0.101 e. The minimum atomic E-state index is -0.120. The second-order valence-electron chi connectivity index (χ2n) is 4.23. The van der Waals surface area contributed by atoms with E-state index in [4.69, 9.17) is 9.84 Å². The van der Waals surface area contributed by atoms with E-state index in [-0.39, 0.29) is 19.3 Å². The molecule has 1 unspecified atom stereocenters. The predicted octanol–water partition coefficient (Wildman–Crippen LogP) is 0.248. The summed E-state index contributed by atoms with van der Waals surface area (Å²) in [6.07, 6.45) is 0. The fourth-order valence-corrected chi connectivity index (χ4v) is 2.14. The number of rotatable bonds is 3. The lowest BCUT2D eigenvalue weighted by atomic mass is 10.1. The van der Waals surface area contributed by atoms with E-state index in [0.717, 1.165) is 5.69 Å². The third-order valence-electron chi connectivity index (χ3n) is 3.11. The standard InChI is InChI=1S/C13H16N2O3/c14-6-11-5-10(7-16)1-2-13(11)15-3-4-18-9-12(15)8-17/h1-2,5,12,16-17H,3-4,7-9H2. The summed E-state index contributed by atoms with van der Waals surface area (Å²) in [6.45, 7) is 1.61. The van der Waals surface area contributed by atoms with Crippen molar-refractivity contribution in [3.8, 4) is 6.07 Å². The zero-order valence-corrected chi connectivity index (χ0v) is 10.0. The summed E-state index contributed by atoms with van der Waals surface area (Å²) in [5, 5.41) is 27.6. The van der Waals surface area contributed by atoms with Gasteiger partial charge in [0.05, 0.1) is 43.7 Å². The zero-order chi connectivity index (χ0) is 13.0. The molecule has 0 aromatic heterocycles. The first-order valence-corrected chi connectivity index (χ1v) is 5.89. The van der Waals surface area contributed by atoms with Gasteiger partial charge in [-0.15, -0.1) is 0 Å². The van der Waals surface area contributed by atoms with Gasteiger partial charge in [0.2, 0.25) is 0 Å². The molecule has 1 heterocycles. The Balaban J connectivity index is 2.34. The first-order chi connectivity index (χ1) is 8.80. The SMILES string of the molecule is N#Cc1cc(CO)ccc1N1CCOCC1CO. The van der Waals surface area contributed by atoms with Gasteiger partial charge in [0.1, 0.15) is 6.07 Å². The molecule has 1 saturated heterocycles. The molecule has 1 aromatic rings. The summed E-state index contributed by atoms with van der Waals surface area (Å²) in [4.78, 5) is 1.99. The van der Waals surface area contributed by atoms with E-state index >= 15 is 0 Å². The van der Waals surface area contributed by atoms with Crippen molar-refractivity contribution in [3.63, 3.8) is 0 Å². The highest BCUT2D eigenvalue weighted by atomic mass is 16.5. The maximum atomic E-state index is 9.34. The second-order valence-corrected chi connectivity index (χ2v) is 4.23. The number of ether oxygens (including phenoxy) is 1. The minimum absolute atomic E-state index is 0.00732. The Bertz CT molecular complexity index is 456. The third kappa shape index (κ3) is 2.46. The van der Waals surface area contributed by atoms with Gasteiger partial charge in [0.25, 0.3) is 0 Å². The number of nitriles is 1. The average Bonchev–Trinajstić information content (AvgIpc) is 2.46. The maximum absolute atomic E-state index is 9.34. The van der Waals surface area contributed by atoms with Crippen LogP contribution in [0, 0.1) is 11.3 Å². The van der Waals surface area contributed by atoms with E-state index in [9.17, 15) is 10.4 Å². The molecule has 0 aliphatic carbocycles. The Labute approximate surface area is 106 Å². The molecule has 2 N–H and O–H groups in total. The first-order valence-electron chi connectivity index (χ1n) is 5.89. The van der Waals surface area contributed by atoms with Gasteiger partial charge in [-0.1, -0.05) is 6.07 Å². The Kier molecular flexibility index (Phi) is 4.15. The van der Waals surface area contributed by atoms with Crippen LogP contribution in [-0.2, 0) is 11.3 Å². The Morgan fingerprint density at radius 1 is 1.44 bits per heavy atom. The van der Waals surface area contributed by atoms with Crippen molar-refractivity contribution in [1.82, 2.24) is 0 Å². The monoisotopic (exact) mass is 248 g/mol. The number of hydrogen-bond acceptors (Lipinski definition) is 5. The zero-order valence-electron chi connectivity index (χ0n) is 10.0. The largest absolute Gasteiger partial charge is 0.394 e. The van der Waals surface area contributed by atoms with E-state index in [0.29, 0.717) is 30.9 Å². The van der Waals surface area contributed by atoms with Gasteiger partial charge in [0.15, 0.2) is 0 Å². The van der Waals surface area contributed by atoms with E-state index in [1.165, 1.54) is 0 Å². The van der Waals surface area contributed by atoms with E-state index in [1.807, 2.05) is 11.0 Å². The van der Waals surface area contributed by atoms with Crippen LogP contribution in [-0.4, -0.2) is 42.6 Å². The normalized spacial score (nSPS) is 19.6. The Hall–Kier alpha value is -1.61. The summed E-state index contributed by atoms with van der Waals surface area (Å²) in [5.74, 6) is 0. The molecule has 18 heavy (non-hydrogen) atoms. The van der Waals surface area contributed by atoms with Gasteiger partial charge >= 0.3 is 0 Å². The Morgan fingerprint density at radius 3 is 2.94 bits per heavy atom. The van der Waals surface area contributed by atoms with Crippen molar-refractivity contribution in [2.75, 3.05) is 31.3 Å². The minimum Gasteiger partial charge on any atom is -0.394 e. The van der Waals surface area contributed by atoms with Crippen LogP contribution in [0.2, 0.25) is 0 Å². The van der Waals surface area contributed by atoms with Crippen molar-refractivity contribution < 1.29 is 14.9 Å². The number of anilines is 1. The topological polar surface area (TPSA) is 76.7 Å². The van der Waals surface area contributed by atoms with Crippen molar-refractivity contribution >= 4 is 5.69 Å². The molecule has 0 saturated carbocycles. The number of aliphatic hydroxyl groups is 2. The molecule has 0 spiro atoms. The van der Waals surface area contributed by atoms with Crippen LogP contribution in [0.3, 0.4) is 0 Å². The van der Waals surface area contributed by atoms with Crippen LogP contribution >= 0.6 is 0 Å². The van der Waals surface area contributed by atoms with Crippen molar-refractivity contribution in [2.45, 2.75) is 12.6 Å². The number of morpholine rings is 1. The summed E-state index contributed by atoms with van der Waals surface area (Å²) in [5.41, 5.74) is 2.02. The summed E-state index contributed by atoms with van der Waals surface area (Å²) in [6, 6.07) is 7.31. The highest BCUT2D eigenvalue weighted by Crippen LogP contribution is 2.25. The molecule has 0 amide bonds. The molecule has 1 aromatic carbocycles. The van der Waals surface area contributed by atoms with E-state index < -0.39 is 0 Å². The number of hydrogen-bond donors (Lipinski definition) is 2. The highest BCUT2D eigenvalue weighted by molar-refractivity contribution is 5.61. The lowest BCUT2D eigenvalue weighted by Crippen LogP contribution is -2.48.